The van der Waals surface area contributed by atoms with Gasteiger partial charge >= 0.3 is 0 Å². The number of carbonyl (C=O) groups is 1. The van der Waals surface area contributed by atoms with Gasteiger partial charge in [-0.2, -0.15) is 0 Å². The van der Waals surface area contributed by atoms with Crippen LogP contribution >= 0.6 is 12.2 Å². The Hall–Kier alpha value is -1.63. The van der Waals surface area contributed by atoms with Crippen LogP contribution in [0.4, 0.5) is 13.2 Å². The van der Waals surface area contributed by atoms with E-state index in [9.17, 15) is 18.0 Å². The van der Waals surface area contributed by atoms with Gasteiger partial charge in [-0.05, 0) is 19.1 Å². The van der Waals surface area contributed by atoms with E-state index in [1.165, 1.54) is 6.92 Å². The molecule has 1 rings (SSSR count). The summed E-state index contributed by atoms with van der Waals surface area (Å²) in [4.78, 5) is 11.5. The number of nitrogens with one attached hydrogen (secondary N) is 1. The van der Waals surface area contributed by atoms with Crippen molar-refractivity contribution in [2.75, 3.05) is 0 Å². The molecule has 7 heteroatoms. The molecule has 0 aromatic heterocycles. The summed E-state index contributed by atoms with van der Waals surface area (Å²) in [5.74, 6) is -5.27. The molecule has 0 fully saturated rings. The van der Waals surface area contributed by atoms with E-state index >= 15 is 0 Å². The SMILES string of the molecule is CC(NC(=O)c1cc(F)c(F)c(F)c1)C(N)=S. The van der Waals surface area contributed by atoms with Crippen molar-refractivity contribution in [2.45, 2.75) is 13.0 Å². The summed E-state index contributed by atoms with van der Waals surface area (Å²) in [6.07, 6.45) is 0. The van der Waals surface area contributed by atoms with Crippen molar-refractivity contribution in [3.05, 3.63) is 35.1 Å². The highest BCUT2D eigenvalue weighted by atomic mass is 32.1. The second-order valence-corrected chi connectivity index (χ2v) is 3.82. The first kappa shape index (κ1) is 13.4. The summed E-state index contributed by atoms with van der Waals surface area (Å²) in [5.41, 5.74) is 4.91. The van der Waals surface area contributed by atoms with E-state index in [0.717, 1.165) is 0 Å². The quantitative estimate of drug-likeness (QED) is 0.641. The van der Waals surface area contributed by atoms with E-state index in [1.807, 2.05) is 0 Å². The van der Waals surface area contributed by atoms with Gasteiger partial charge in [-0.15, -0.1) is 0 Å². The molecule has 92 valence electrons. The molecule has 0 saturated heterocycles. The van der Waals surface area contributed by atoms with Crippen LogP contribution in [0, 0.1) is 17.5 Å². The molecular weight excluding hydrogens is 253 g/mol. The lowest BCUT2D eigenvalue weighted by atomic mass is 10.2. The molecule has 17 heavy (non-hydrogen) atoms. The molecule has 1 unspecified atom stereocenters. The Morgan fingerprint density at radius 3 is 2.24 bits per heavy atom. The molecule has 0 aliphatic heterocycles. The van der Waals surface area contributed by atoms with E-state index in [4.69, 9.17) is 5.73 Å². The number of benzene rings is 1. The van der Waals surface area contributed by atoms with E-state index in [-0.39, 0.29) is 10.6 Å². The third-order valence-corrected chi connectivity index (χ3v) is 2.37. The normalized spacial score (nSPS) is 12.0. The van der Waals surface area contributed by atoms with Crippen LogP contribution in [0.2, 0.25) is 0 Å². The molecule has 0 heterocycles. The largest absolute Gasteiger partial charge is 0.392 e. The van der Waals surface area contributed by atoms with Crippen LogP contribution in [-0.2, 0) is 0 Å². The maximum atomic E-state index is 12.9. The highest BCUT2D eigenvalue weighted by Gasteiger charge is 2.16. The maximum absolute atomic E-state index is 12.9. The Bertz CT molecular complexity index is 456. The topological polar surface area (TPSA) is 55.1 Å². The Balaban J connectivity index is 2.94. The summed E-state index contributed by atoms with van der Waals surface area (Å²) < 4.78 is 38.3. The van der Waals surface area contributed by atoms with Gasteiger partial charge in [-0.1, -0.05) is 12.2 Å². The number of amides is 1. The van der Waals surface area contributed by atoms with Gasteiger partial charge < -0.3 is 11.1 Å². The first-order chi connectivity index (χ1) is 7.82. The number of rotatable bonds is 3. The second-order valence-electron chi connectivity index (χ2n) is 3.35. The fourth-order valence-corrected chi connectivity index (χ4v) is 1.10. The van der Waals surface area contributed by atoms with Crippen LogP contribution in [0.15, 0.2) is 12.1 Å². The van der Waals surface area contributed by atoms with Gasteiger partial charge in [-0.3, -0.25) is 4.79 Å². The lowest BCUT2D eigenvalue weighted by Crippen LogP contribution is -2.41. The molecule has 0 spiro atoms. The summed E-state index contributed by atoms with van der Waals surface area (Å²) in [6.45, 7) is 1.51. The van der Waals surface area contributed by atoms with Crippen molar-refractivity contribution in [2.24, 2.45) is 5.73 Å². The molecule has 3 N–H and O–H groups in total. The highest BCUT2D eigenvalue weighted by Crippen LogP contribution is 2.13. The van der Waals surface area contributed by atoms with Gasteiger partial charge in [0.2, 0.25) is 0 Å². The highest BCUT2D eigenvalue weighted by molar-refractivity contribution is 7.80. The molecule has 0 saturated carbocycles. The average molecular weight is 262 g/mol. The standard InChI is InChI=1S/C10H9F3N2OS/c1-4(9(14)17)15-10(16)5-2-6(11)8(13)7(12)3-5/h2-4H,1H3,(H2,14,17)(H,15,16). The Morgan fingerprint density at radius 1 is 1.35 bits per heavy atom. The second kappa shape index (κ2) is 5.13. The first-order valence-electron chi connectivity index (χ1n) is 4.57. The van der Waals surface area contributed by atoms with Gasteiger partial charge in [0.05, 0.1) is 11.0 Å². The van der Waals surface area contributed by atoms with Gasteiger partial charge in [0, 0.05) is 5.56 Å². The Kier molecular flexibility index (Phi) is 4.06. The number of hydrogen-bond acceptors (Lipinski definition) is 2. The number of carbonyl (C=O) groups excluding carboxylic acids is 1. The average Bonchev–Trinajstić information content (AvgIpc) is 2.24. The predicted octanol–water partition coefficient (Wildman–Crippen LogP) is 1.51. The summed E-state index contributed by atoms with van der Waals surface area (Å²) in [5, 5.41) is 2.31. The van der Waals surface area contributed by atoms with E-state index < -0.39 is 29.4 Å². The lowest BCUT2D eigenvalue weighted by molar-refractivity contribution is 0.0948. The van der Waals surface area contributed by atoms with Gasteiger partial charge in [0.15, 0.2) is 17.5 Å². The smallest absolute Gasteiger partial charge is 0.252 e. The molecule has 0 radical (unpaired) electrons. The summed E-state index contributed by atoms with van der Waals surface area (Å²) in [7, 11) is 0. The Labute approximate surface area is 101 Å². The molecule has 1 amide bonds. The van der Waals surface area contributed by atoms with E-state index in [0.29, 0.717) is 12.1 Å². The zero-order valence-electron chi connectivity index (χ0n) is 8.76. The predicted molar refractivity (Wildman–Crippen MR) is 60.0 cm³/mol. The Morgan fingerprint density at radius 2 is 1.82 bits per heavy atom. The van der Waals surface area contributed by atoms with E-state index in [1.54, 1.807) is 0 Å². The number of thiocarbonyl (C=S) groups is 1. The molecule has 1 aromatic rings. The molecular formula is C10H9F3N2OS. The van der Waals surface area contributed by atoms with Crippen molar-refractivity contribution in [3.8, 4) is 0 Å². The third-order valence-electron chi connectivity index (χ3n) is 2.02. The number of halogens is 3. The lowest BCUT2D eigenvalue weighted by Gasteiger charge is -2.12. The summed E-state index contributed by atoms with van der Waals surface area (Å²) >= 11 is 4.61. The van der Waals surface area contributed by atoms with E-state index in [2.05, 4.69) is 17.5 Å². The van der Waals surface area contributed by atoms with Crippen molar-refractivity contribution < 1.29 is 18.0 Å². The minimum atomic E-state index is -1.62. The van der Waals surface area contributed by atoms with Crippen molar-refractivity contribution in [1.82, 2.24) is 5.32 Å². The number of hydrogen-bond donors (Lipinski definition) is 2. The van der Waals surface area contributed by atoms with Gasteiger partial charge in [-0.25, -0.2) is 13.2 Å². The van der Waals surface area contributed by atoms with Crippen molar-refractivity contribution in [1.29, 1.82) is 0 Å². The minimum absolute atomic E-state index is 0.0291. The van der Waals surface area contributed by atoms with Gasteiger partial charge in [0.25, 0.3) is 5.91 Å². The van der Waals surface area contributed by atoms with Crippen LogP contribution in [0.5, 0.6) is 0 Å². The maximum Gasteiger partial charge on any atom is 0.252 e. The minimum Gasteiger partial charge on any atom is -0.392 e. The third kappa shape index (κ3) is 3.16. The fraction of sp³-hybridized carbons (Fsp3) is 0.200. The van der Waals surface area contributed by atoms with Crippen molar-refractivity contribution >= 4 is 23.1 Å². The van der Waals surface area contributed by atoms with Crippen LogP contribution in [0.3, 0.4) is 0 Å². The first-order valence-corrected chi connectivity index (χ1v) is 4.98. The fourth-order valence-electron chi connectivity index (χ4n) is 1.04. The zero-order valence-corrected chi connectivity index (χ0v) is 9.58. The van der Waals surface area contributed by atoms with Crippen LogP contribution in [0.1, 0.15) is 17.3 Å². The number of nitrogens with two attached hydrogens (primary N) is 1. The molecule has 1 atom stereocenters. The van der Waals surface area contributed by atoms with Gasteiger partial charge in [0.1, 0.15) is 0 Å². The molecule has 1 aromatic carbocycles. The molecule has 0 aliphatic carbocycles. The van der Waals surface area contributed by atoms with Crippen LogP contribution in [0.25, 0.3) is 0 Å². The molecule has 3 nitrogen and oxygen atoms in total. The van der Waals surface area contributed by atoms with Crippen LogP contribution in [-0.4, -0.2) is 16.9 Å². The zero-order chi connectivity index (χ0) is 13.2. The molecule has 0 bridgehead atoms. The van der Waals surface area contributed by atoms with Crippen LogP contribution < -0.4 is 11.1 Å². The molecule has 0 aliphatic rings. The van der Waals surface area contributed by atoms with Crippen molar-refractivity contribution in [3.63, 3.8) is 0 Å². The monoisotopic (exact) mass is 262 g/mol. The summed E-state index contributed by atoms with van der Waals surface area (Å²) in [6, 6.07) is 0.564.